The number of aromatic nitrogens is 2. The van der Waals surface area contributed by atoms with E-state index in [1.165, 1.54) is 24.5 Å². The number of nitrogens with one attached hydrogen (secondary N) is 3. The van der Waals surface area contributed by atoms with Crippen molar-refractivity contribution in [1.29, 1.82) is 0 Å². The Bertz CT molecular complexity index is 846. The van der Waals surface area contributed by atoms with E-state index in [2.05, 4.69) is 21.9 Å². The highest BCUT2D eigenvalue weighted by molar-refractivity contribution is 5.93. The van der Waals surface area contributed by atoms with Crippen LogP contribution >= 0.6 is 0 Å². The van der Waals surface area contributed by atoms with Crippen molar-refractivity contribution in [1.82, 2.24) is 20.8 Å². The van der Waals surface area contributed by atoms with Gasteiger partial charge in [-0.3, -0.25) is 15.6 Å². The third-order valence-electron chi connectivity index (χ3n) is 4.08. The lowest BCUT2D eigenvalue weighted by Crippen LogP contribution is -2.40. The lowest BCUT2D eigenvalue weighted by molar-refractivity contribution is -0.0972. The molecule has 1 saturated carbocycles. The Hall–Kier alpha value is -3.17. The van der Waals surface area contributed by atoms with Crippen LogP contribution in [0.4, 0.5) is 23.5 Å². The summed E-state index contributed by atoms with van der Waals surface area (Å²) in [6.45, 7) is 6.77. The summed E-state index contributed by atoms with van der Waals surface area (Å²) < 4.78 is 50.0. The summed E-state index contributed by atoms with van der Waals surface area (Å²) in [6, 6.07) is 6.09. The van der Waals surface area contributed by atoms with Crippen molar-refractivity contribution in [3.8, 4) is 0 Å². The molecule has 1 fully saturated rings. The number of anilines is 1. The molecule has 29 heavy (non-hydrogen) atoms. The molecule has 1 aromatic heterocycles. The van der Waals surface area contributed by atoms with E-state index in [1.807, 2.05) is 19.3 Å². The van der Waals surface area contributed by atoms with Crippen LogP contribution in [-0.4, -0.2) is 22.1 Å². The summed E-state index contributed by atoms with van der Waals surface area (Å²) in [6.07, 6.45) is -0.676. The molecule has 0 unspecified atom stereocenters. The van der Waals surface area contributed by atoms with E-state index in [1.54, 1.807) is 17.6 Å². The van der Waals surface area contributed by atoms with Gasteiger partial charge in [-0.15, -0.1) is 0 Å². The first-order chi connectivity index (χ1) is 13.7. The fraction of sp³-hybridized carbons (Fsp3) is 0.316. The molecule has 156 valence electrons. The molecule has 0 atom stereocenters. The Morgan fingerprint density at radius 2 is 1.62 bits per heavy atom. The average Bonchev–Trinajstić information content (AvgIpc) is 3.48. The molecule has 1 amide bonds. The minimum Gasteiger partial charge on any atom is -0.345 e. The standard InChI is InChI=1S/C17H15F4N5O.C2H6/c1-10(17(19,20)21)25-26-14(27)11-8-22-15(23-9-11)24-16(6-7-16)12-2-4-13(18)5-3-12;1-2/h2-5,8-9,25H,1,6-7H2,(H,26,27)(H,22,23,24);1-2H3. The first-order valence-corrected chi connectivity index (χ1v) is 8.88. The van der Waals surface area contributed by atoms with Gasteiger partial charge in [0.05, 0.1) is 11.1 Å². The zero-order valence-corrected chi connectivity index (χ0v) is 15.9. The van der Waals surface area contributed by atoms with Gasteiger partial charge in [0, 0.05) is 12.4 Å². The van der Waals surface area contributed by atoms with Gasteiger partial charge in [-0.1, -0.05) is 32.6 Å². The molecule has 1 aliphatic carbocycles. The van der Waals surface area contributed by atoms with E-state index in [-0.39, 0.29) is 22.9 Å². The molecule has 10 heteroatoms. The second kappa shape index (κ2) is 8.89. The number of amides is 1. The Morgan fingerprint density at radius 3 is 2.10 bits per heavy atom. The molecule has 0 aliphatic heterocycles. The first-order valence-electron chi connectivity index (χ1n) is 8.88. The van der Waals surface area contributed by atoms with Crippen LogP contribution in [0.1, 0.15) is 42.6 Å². The predicted molar refractivity (Wildman–Crippen MR) is 100 cm³/mol. The quantitative estimate of drug-likeness (QED) is 0.494. The van der Waals surface area contributed by atoms with E-state index in [0.29, 0.717) is 0 Å². The van der Waals surface area contributed by atoms with E-state index in [9.17, 15) is 22.4 Å². The van der Waals surface area contributed by atoms with Crippen LogP contribution in [0.5, 0.6) is 0 Å². The van der Waals surface area contributed by atoms with Crippen LogP contribution in [-0.2, 0) is 5.54 Å². The van der Waals surface area contributed by atoms with Crippen molar-refractivity contribution < 1.29 is 22.4 Å². The Labute approximate surface area is 165 Å². The molecule has 1 aromatic carbocycles. The van der Waals surface area contributed by atoms with Crippen LogP contribution in [0.2, 0.25) is 0 Å². The van der Waals surface area contributed by atoms with Gasteiger partial charge in [-0.25, -0.2) is 14.4 Å². The van der Waals surface area contributed by atoms with Crippen molar-refractivity contribution in [2.45, 2.75) is 38.4 Å². The number of carbonyl (C=O) groups excluding carboxylic acids is 1. The summed E-state index contributed by atoms with van der Waals surface area (Å²) in [5.74, 6) is -0.921. The predicted octanol–water partition coefficient (Wildman–Crippen LogP) is 4.05. The fourth-order valence-corrected chi connectivity index (χ4v) is 2.38. The molecule has 6 nitrogen and oxygen atoms in total. The van der Waals surface area contributed by atoms with Gasteiger partial charge < -0.3 is 5.32 Å². The summed E-state index contributed by atoms with van der Waals surface area (Å²) in [5.41, 5.74) is 2.73. The molecule has 3 N–H and O–H groups in total. The molecule has 0 bridgehead atoms. The molecular weight excluding hydrogens is 390 g/mol. The maximum Gasteiger partial charge on any atom is 0.432 e. The van der Waals surface area contributed by atoms with Gasteiger partial charge in [0.25, 0.3) is 5.91 Å². The van der Waals surface area contributed by atoms with Crippen LogP contribution < -0.4 is 16.2 Å². The summed E-state index contributed by atoms with van der Waals surface area (Å²) in [7, 11) is 0. The molecule has 1 heterocycles. The number of nitrogens with zero attached hydrogens (tertiary/aromatic N) is 2. The van der Waals surface area contributed by atoms with Crippen molar-refractivity contribution in [3.63, 3.8) is 0 Å². The largest absolute Gasteiger partial charge is 0.432 e. The van der Waals surface area contributed by atoms with E-state index < -0.39 is 17.8 Å². The monoisotopic (exact) mass is 411 g/mol. The molecule has 3 rings (SSSR count). The highest BCUT2D eigenvalue weighted by atomic mass is 19.4. The van der Waals surface area contributed by atoms with Gasteiger partial charge in [0.1, 0.15) is 11.5 Å². The van der Waals surface area contributed by atoms with Crippen molar-refractivity contribution in [3.05, 3.63) is 65.9 Å². The van der Waals surface area contributed by atoms with Gasteiger partial charge in [-0.2, -0.15) is 13.2 Å². The zero-order valence-electron chi connectivity index (χ0n) is 15.9. The molecule has 1 aliphatic rings. The lowest BCUT2D eigenvalue weighted by Gasteiger charge is -2.18. The van der Waals surface area contributed by atoms with Gasteiger partial charge in [-0.05, 0) is 30.5 Å². The number of rotatable bonds is 6. The van der Waals surface area contributed by atoms with Crippen LogP contribution in [0, 0.1) is 5.82 Å². The number of hydrogen-bond donors (Lipinski definition) is 3. The number of benzene rings is 1. The third-order valence-corrected chi connectivity index (χ3v) is 4.08. The van der Waals surface area contributed by atoms with Gasteiger partial charge in [0.15, 0.2) is 0 Å². The summed E-state index contributed by atoms with van der Waals surface area (Å²) in [5, 5.41) is 3.15. The zero-order chi connectivity index (χ0) is 21.7. The number of carbonyl (C=O) groups is 1. The number of allylic oxidation sites excluding steroid dienone is 1. The highest BCUT2D eigenvalue weighted by Crippen LogP contribution is 2.47. The molecule has 0 spiro atoms. The van der Waals surface area contributed by atoms with Crippen molar-refractivity contribution in [2.75, 3.05) is 5.32 Å². The van der Waals surface area contributed by atoms with E-state index >= 15 is 0 Å². The second-order valence-electron chi connectivity index (χ2n) is 6.06. The fourth-order valence-electron chi connectivity index (χ4n) is 2.38. The number of alkyl halides is 3. The summed E-state index contributed by atoms with van der Waals surface area (Å²) >= 11 is 0. The maximum absolute atomic E-state index is 13.1. The third kappa shape index (κ3) is 5.66. The first kappa shape index (κ1) is 22.1. The summed E-state index contributed by atoms with van der Waals surface area (Å²) in [4.78, 5) is 19.8. The normalized spacial score (nSPS) is 14.1. The highest BCUT2D eigenvalue weighted by Gasteiger charge is 2.45. The maximum atomic E-state index is 13.1. The number of halogens is 4. The smallest absolute Gasteiger partial charge is 0.345 e. The molecular formula is C19H21F4N5O. The Morgan fingerprint density at radius 1 is 1.07 bits per heavy atom. The van der Waals surface area contributed by atoms with Crippen molar-refractivity contribution >= 4 is 11.9 Å². The second-order valence-corrected chi connectivity index (χ2v) is 6.06. The van der Waals surface area contributed by atoms with Crippen LogP contribution in [0.3, 0.4) is 0 Å². The van der Waals surface area contributed by atoms with Crippen molar-refractivity contribution in [2.24, 2.45) is 0 Å². The molecule has 2 aromatic rings. The van der Waals surface area contributed by atoms with E-state index in [0.717, 1.165) is 18.4 Å². The molecule has 0 radical (unpaired) electrons. The van der Waals surface area contributed by atoms with Gasteiger partial charge in [0.2, 0.25) is 5.95 Å². The average molecular weight is 411 g/mol. The number of hydrazine groups is 1. The van der Waals surface area contributed by atoms with E-state index in [4.69, 9.17) is 0 Å². The lowest BCUT2D eigenvalue weighted by atomic mass is 10.1. The topological polar surface area (TPSA) is 78.9 Å². The van der Waals surface area contributed by atoms with Gasteiger partial charge >= 0.3 is 6.18 Å². The molecule has 0 saturated heterocycles. The number of hydrogen-bond acceptors (Lipinski definition) is 5. The van der Waals surface area contributed by atoms with Crippen LogP contribution in [0.15, 0.2) is 48.9 Å². The minimum atomic E-state index is -4.67. The minimum absolute atomic E-state index is 0.0327. The van der Waals surface area contributed by atoms with Crippen LogP contribution in [0.25, 0.3) is 0 Å². The Balaban J connectivity index is 0.00000145. The SMILES string of the molecule is C=C(NNC(=O)c1cnc(NC2(c3ccc(F)cc3)CC2)nc1)C(F)(F)F.CC. The Kier molecular flexibility index (Phi) is 6.78.